The molecule has 11 heteroatoms. The quantitative estimate of drug-likeness (QED) is 0.0829. The zero-order valence-corrected chi connectivity index (χ0v) is 24.1. The van der Waals surface area contributed by atoms with Crippen molar-refractivity contribution in [3.8, 4) is 5.75 Å². The van der Waals surface area contributed by atoms with Crippen LogP contribution in [0.15, 0.2) is 108 Å². The number of nitrogens with zero attached hydrogens (tertiary/aromatic N) is 1. The highest BCUT2D eigenvalue weighted by Crippen LogP contribution is 2.25. The van der Waals surface area contributed by atoms with Gasteiger partial charge in [-0.05, 0) is 61.0 Å². The second-order valence-corrected chi connectivity index (χ2v) is 10.2. The summed E-state index contributed by atoms with van der Waals surface area (Å²) in [5, 5.41) is 19.2. The first-order chi connectivity index (χ1) is 20.7. The lowest BCUT2D eigenvalue weighted by molar-refractivity contribution is -0.384. The van der Waals surface area contributed by atoms with Gasteiger partial charge in [-0.15, -0.1) is 11.8 Å². The van der Waals surface area contributed by atoms with Gasteiger partial charge in [0.25, 0.3) is 17.5 Å². The summed E-state index contributed by atoms with van der Waals surface area (Å²) in [7, 11) is 1.52. The van der Waals surface area contributed by atoms with Gasteiger partial charge < -0.3 is 20.7 Å². The summed E-state index contributed by atoms with van der Waals surface area (Å²) in [6, 6.07) is 26.8. The monoisotopic (exact) mass is 596 g/mol. The predicted octanol–water partition coefficient (Wildman–Crippen LogP) is 6.05. The van der Waals surface area contributed by atoms with Gasteiger partial charge in [-0.3, -0.25) is 24.5 Å². The lowest BCUT2D eigenvalue weighted by atomic mass is 10.1. The van der Waals surface area contributed by atoms with E-state index in [4.69, 9.17) is 4.74 Å². The number of ether oxygens (including phenoxy) is 1. The van der Waals surface area contributed by atoms with Crippen molar-refractivity contribution in [2.45, 2.75) is 11.8 Å². The summed E-state index contributed by atoms with van der Waals surface area (Å²) >= 11 is 1.25. The number of nitro groups is 1. The van der Waals surface area contributed by atoms with Crippen LogP contribution in [0.1, 0.15) is 21.5 Å². The molecule has 0 aliphatic heterocycles. The van der Waals surface area contributed by atoms with Crippen molar-refractivity contribution in [3.05, 3.63) is 130 Å². The molecule has 218 valence electrons. The SMILES string of the molecule is COc1ccccc1/C=C(/NC(=O)c1ccccc1)C(=O)Nc1cccc(SCC(=O)Nc2ccc([N+](=O)[O-])cc2C)c1. The summed E-state index contributed by atoms with van der Waals surface area (Å²) in [5.41, 5.74) is 2.47. The molecule has 4 aromatic carbocycles. The average Bonchev–Trinajstić information content (AvgIpc) is 3.01. The van der Waals surface area contributed by atoms with Gasteiger partial charge in [-0.1, -0.05) is 42.5 Å². The number of carbonyl (C=O) groups excluding carboxylic acids is 3. The molecule has 0 saturated carbocycles. The Morgan fingerprint density at radius 3 is 2.37 bits per heavy atom. The van der Waals surface area contributed by atoms with E-state index in [9.17, 15) is 24.5 Å². The van der Waals surface area contributed by atoms with E-state index in [1.54, 1.807) is 85.8 Å². The van der Waals surface area contributed by atoms with Gasteiger partial charge in [-0.2, -0.15) is 0 Å². The van der Waals surface area contributed by atoms with Crippen LogP contribution in [-0.2, 0) is 9.59 Å². The molecule has 0 aliphatic rings. The van der Waals surface area contributed by atoms with Gasteiger partial charge >= 0.3 is 0 Å². The Kier molecular flexibility index (Phi) is 10.3. The van der Waals surface area contributed by atoms with Crippen LogP contribution in [0.2, 0.25) is 0 Å². The Bertz CT molecular complexity index is 1690. The third-order valence-corrected chi connectivity index (χ3v) is 7.12. The Morgan fingerprint density at radius 2 is 1.65 bits per heavy atom. The second kappa shape index (κ2) is 14.5. The highest BCUT2D eigenvalue weighted by atomic mass is 32.2. The number of para-hydroxylation sites is 1. The summed E-state index contributed by atoms with van der Waals surface area (Å²) in [6.07, 6.45) is 1.54. The first kappa shape index (κ1) is 30.5. The Hall–Kier alpha value is -5.42. The van der Waals surface area contributed by atoms with Crippen LogP contribution in [0.5, 0.6) is 5.75 Å². The minimum atomic E-state index is -0.552. The molecule has 43 heavy (non-hydrogen) atoms. The van der Waals surface area contributed by atoms with Crippen LogP contribution < -0.4 is 20.7 Å². The fourth-order valence-electron chi connectivity index (χ4n) is 3.98. The molecule has 4 aromatic rings. The Morgan fingerprint density at radius 1 is 0.907 bits per heavy atom. The maximum absolute atomic E-state index is 13.4. The third-order valence-electron chi connectivity index (χ3n) is 6.12. The molecule has 0 fully saturated rings. The summed E-state index contributed by atoms with van der Waals surface area (Å²) in [5.74, 6) is -0.691. The molecule has 0 atom stereocenters. The molecule has 0 aromatic heterocycles. The van der Waals surface area contributed by atoms with Gasteiger partial charge in [0, 0.05) is 39.5 Å². The van der Waals surface area contributed by atoms with Crippen molar-refractivity contribution >= 4 is 52.6 Å². The molecule has 0 radical (unpaired) electrons. The highest BCUT2D eigenvalue weighted by molar-refractivity contribution is 8.00. The number of nitrogens with one attached hydrogen (secondary N) is 3. The average molecular weight is 597 g/mol. The third kappa shape index (κ3) is 8.54. The number of non-ortho nitro benzene ring substituents is 1. The number of amides is 3. The summed E-state index contributed by atoms with van der Waals surface area (Å²) < 4.78 is 5.40. The molecule has 0 saturated heterocycles. The number of thioether (sulfide) groups is 1. The van der Waals surface area contributed by atoms with Crippen molar-refractivity contribution in [3.63, 3.8) is 0 Å². The molecule has 10 nitrogen and oxygen atoms in total. The smallest absolute Gasteiger partial charge is 0.272 e. The van der Waals surface area contributed by atoms with E-state index in [0.29, 0.717) is 33.8 Å². The van der Waals surface area contributed by atoms with Crippen LogP contribution >= 0.6 is 11.8 Å². The molecular weight excluding hydrogens is 568 g/mol. The van der Waals surface area contributed by atoms with Crippen molar-refractivity contribution in [2.24, 2.45) is 0 Å². The van der Waals surface area contributed by atoms with Gasteiger partial charge in [-0.25, -0.2) is 0 Å². The lowest BCUT2D eigenvalue weighted by Gasteiger charge is -2.13. The number of nitro benzene ring substituents is 1. The molecular formula is C32H28N4O6S. The zero-order valence-electron chi connectivity index (χ0n) is 23.3. The molecule has 3 N–H and O–H groups in total. The van der Waals surface area contributed by atoms with Crippen molar-refractivity contribution in [2.75, 3.05) is 23.5 Å². The number of methoxy groups -OCH3 is 1. The number of hydrogen-bond donors (Lipinski definition) is 3. The van der Waals surface area contributed by atoms with E-state index in [2.05, 4.69) is 16.0 Å². The minimum absolute atomic E-state index is 0.00857. The minimum Gasteiger partial charge on any atom is -0.496 e. The first-order valence-electron chi connectivity index (χ1n) is 13.0. The standard InChI is InChI=1S/C32H28N4O6S/c1-21-17-25(36(40)41)15-16-27(21)34-30(37)20-43-26-13-8-12-24(19-26)33-32(39)28(18-23-11-6-7-14-29(23)42-2)35-31(38)22-9-4-3-5-10-22/h3-19H,20H2,1-2H3,(H,33,39)(H,34,37)(H,35,38)/b28-18+. The van der Waals surface area contributed by atoms with E-state index >= 15 is 0 Å². The molecule has 0 spiro atoms. The fraction of sp³-hybridized carbons (Fsp3) is 0.0938. The normalized spacial score (nSPS) is 10.9. The second-order valence-electron chi connectivity index (χ2n) is 9.20. The zero-order chi connectivity index (χ0) is 30.8. The number of hydrogen-bond acceptors (Lipinski definition) is 7. The largest absolute Gasteiger partial charge is 0.496 e. The van der Waals surface area contributed by atoms with E-state index in [1.807, 2.05) is 0 Å². The number of benzene rings is 4. The van der Waals surface area contributed by atoms with Crippen molar-refractivity contribution < 1.29 is 24.0 Å². The fourth-order valence-corrected chi connectivity index (χ4v) is 4.74. The van der Waals surface area contributed by atoms with Crippen LogP contribution in [0.25, 0.3) is 6.08 Å². The van der Waals surface area contributed by atoms with Gasteiger partial charge in [0.2, 0.25) is 5.91 Å². The Labute approximate surface area is 252 Å². The molecule has 0 heterocycles. The molecule has 3 amide bonds. The van der Waals surface area contributed by atoms with Crippen LogP contribution in [0, 0.1) is 17.0 Å². The van der Waals surface area contributed by atoms with E-state index in [0.717, 1.165) is 4.90 Å². The van der Waals surface area contributed by atoms with Gasteiger partial charge in [0.1, 0.15) is 11.4 Å². The van der Waals surface area contributed by atoms with Crippen molar-refractivity contribution in [1.29, 1.82) is 0 Å². The van der Waals surface area contributed by atoms with Crippen LogP contribution in [0.3, 0.4) is 0 Å². The topological polar surface area (TPSA) is 140 Å². The van der Waals surface area contributed by atoms with Gasteiger partial charge in [0.15, 0.2) is 0 Å². The number of anilines is 2. The van der Waals surface area contributed by atoms with E-state index in [-0.39, 0.29) is 23.0 Å². The van der Waals surface area contributed by atoms with Gasteiger partial charge in [0.05, 0.1) is 17.8 Å². The predicted molar refractivity (Wildman–Crippen MR) is 167 cm³/mol. The van der Waals surface area contributed by atoms with Crippen LogP contribution in [0.4, 0.5) is 17.1 Å². The first-order valence-corrected chi connectivity index (χ1v) is 14.0. The number of aryl methyl sites for hydroxylation is 1. The van der Waals surface area contributed by atoms with E-state index < -0.39 is 16.7 Å². The maximum atomic E-state index is 13.4. The lowest BCUT2D eigenvalue weighted by Crippen LogP contribution is -2.30. The van der Waals surface area contributed by atoms with Crippen LogP contribution in [-0.4, -0.2) is 35.5 Å². The maximum Gasteiger partial charge on any atom is 0.272 e. The van der Waals surface area contributed by atoms with E-state index in [1.165, 1.54) is 43.1 Å². The molecule has 0 aliphatic carbocycles. The summed E-state index contributed by atoms with van der Waals surface area (Å²) in [6.45, 7) is 1.68. The summed E-state index contributed by atoms with van der Waals surface area (Å²) in [4.78, 5) is 50.1. The Balaban J connectivity index is 1.46. The number of carbonyl (C=O) groups is 3. The van der Waals surface area contributed by atoms with Crippen molar-refractivity contribution in [1.82, 2.24) is 5.32 Å². The molecule has 0 unspecified atom stereocenters. The molecule has 0 bridgehead atoms. The molecule has 4 rings (SSSR count). The number of rotatable bonds is 11. The highest BCUT2D eigenvalue weighted by Gasteiger charge is 2.17.